The number of nitrogens with zero attached hydrogens (tertiary/aromatic N) is 3. The van der Waals surface area contributed by atoms with Gasteiger partial charge < -0.3 is 30.6 Å². The summed E-state index contributed by atoms with van der Waals surface area (Å²) in [6, 6.07) is 0. The molecule has 1 saturated carbocycles. The van der Waals surface area contributed by atoms with Crippen LogP contribution in [0.2, 0.25) is 0 Å². The van der Waals surface area contributed by atoms with Gasteiger partial charge in [0.2, 0.25) is 21.4 Å². The zero-order valence-electron chi connectivity index (χ0n) is 15.1. The van der Waals surface area contributed by atoms with Gasteiger partial charge in [-0.05, 0) is 46.5 Å². The summed E-state index contributed by atoms with van der Waals surface area (Å²) in [7, 11) is 0. The minimum atomic E-state index is -3.30. The largest absolute Gasteiger partial charge is 0.504 e. The number of aromatic hydroxyl groups is 6. The molecule has 0 saturated heterocycles. The Kier molecular flexibility index (Phi) is 4.58. The summed E-state index contributed by atoms with van der Waals surface area (Å²) < 4.78 is 28.0. The van der Waals surface area contributed by atoms with Gasteiger partial charge in [0.1, 0.15) is 5.69 Å². The van der Waals surface area contributed by atoms with Gasteiger partial charge >= 0.3 is 0 Å². The fourth-order valence-electron chi connectivity index (χ4n) is 3.32. The Bertz CT molecular complexity index is 1210. The molecule has 13 heteroatoms. The number of alkyl halides is 2. The highest BCUT2D eigenvalue weighted by Crippen LogP contribution is 2.60. The number of fused-ring (bicyclic) bond motifs is 1. The highest BCUT2D eigenvalue weighted by molar-refractivity contribution is 9.10. The summed E-state index contributed by atoms with van der Waals surface area (Å²) in [5.41, 5.74) is -0.424. The van der Waals surface area contributed by atoms with Crippen LogP contribution in [-0.2, 0) is 0 Å². The van der Waals surface area contributed by atoms with Crippen LogP contribution in [0.25, 0.3) is 16.5 Å². The van der Waals surface area contributed by atoms with Crippen LogP contribution in [0.15, 0.2) is 9.89 Å². The smallest absolute Gasteiger partial charge is 0.298 e. The van der Waals surface area contributed by atoms with E-state index in [4.69, 9.17) is 0 Å². The number of benzene rings is 2. The summed E-state index contributed by atoms with van der Waals surface area (Å²) in [5, 5.41) is 65.5. The molecule has 30 heavy (non-hydrogen) atoms. The second-order valence-corrected chi connectivity index (χ2v) is 8.87. The Balaban J connectivity index is 2.20. The molecule has 2 aromatic carbocycles. The maximum absolute atomic E-state index is 13.6. The van der Waals surface area contributed by atoms with E-state index in [0.717, 1.165) is 4.57 Å². The highest BCUT2D eigenvalue weighted by atomic mass is 79.9. The van der Waals surface area contributed by atoms with Crippen LogP contribution in [0.5, 0.6) is 34.5 Å². The van der Waals surface area contributed by atoms with Crippen LogP contribution < -0.4 is 0 Å². The molecule has 1 aromatic heterocycles. The monoisotopic (exact) mass is 505 g/mol. The fraction of sp³-hybridized carbons (Fsp3) is 0.294. The molecule has 3 aromatic rings. The number of phenolic OH excluding ortho intramolecular Hbond substituents is 6. The standard InChI is InChI=1S/C17H14BrF2N3O6S/c1-17(19,20)30-16-22-21-15(18)23(16)8-7-6(10(25)13(28)14(29)11(7)26)5(4-2-3-4)9(24)12(8)27/h4,24-29H,2-3H2,1H3. The molecule has 9 nitrogen and oxygen atoms in total. The first kappa shape index (κ1) is 20.6. The summed E-state index contributed by atoms with van der Waals surface area (Å²) >= 11 is 3.01. The summed E-state index contributed by atoms with van der Waals surface area (Å²) in [6.45, 7) is 0.614. The minimum Gasteiger partial charge on any atom is -0.504 e. The number of halogens is 3. The van der Waals surface area contributed by atoms with Crippen LogP contribution in [0.4, 0.5) is 8.78 Å². The van der Waals surface area contributed by atoms with Crippen molar-refractivity contribution < 1.29 is 39.4 Å². The third kappa shape index (κ3) is 3.03. The van der Waals surface area contributed by atoms with E-state index < -0.39 is 50.6 Å². The van der Waals surface area contributed by atoms with Crippen molar-refractivity contribution in [3.05, 3.63) is 10.3 Å². The molecule has 0 radical (unpaired) electrons. The number of hydrogen-bond donors (Lipinski definition) is 6. The summed E-state index contributed by atoms with van der Waals surface area (Å²) in [6.07, 6.45) is 1.20. The molecule has 0 aliphatic heterocycles. The molecular weight excluding hydrogens is 492 g/mol. The fourth-order valence-corrected chi connectivity index (χ4v) is 4.53. The van der Waals surface area contributed by atoms with Crippen molar-refractivity contribution in [2.75, 3.05) is 0 Å². The van der Waals surface area contributed by atoms with Crippen LogP contribution in [-0.4, -0.2) is 50.7 Å². The van der Waals surface area contributed by atoms with E-state index in [0.29, 0.717) is 19.8 Å². The van der Waals surface area contributed by atoms with Gasteiger partial charge in [0.05, 0.1) is 5.39 Å². The van der Waals surface area contributed by atoms with Crippen LogP contribution in [0.3, 0.4) is 0 Å². The molecule has 160 valence electrons. The molecule has 0 spiro atoms. The van der Waals surface area contributed by atoms with E-state index in [1.165, 1.54) is 0 Å². The average molecular weight is 506 g/mol. The van der Waals surface area contributed by atoms with Gasteiger partial charge in [-0.2, -0.15) is 8.78 Å². The zero-order valence-corrected chi connectivity index (χ0v) is 17.5. The molecule has 4 rings (SSSR count). The van der Waals surface area contributed by atoms with E-state index in [1.807, 2.05) is 0 Å². The van der Waals surface area contributed by atoms with E-state index in [1.54, 1.807) is 0 Å². The van der Waals surface area contributed by atoms with E-state index in [9.17, 15) is 39.4 Å². The van der Waals surface area contributed by atoms with Gasteiger partial charge in [0.25, 0.3) is 5.25 Å². The lowest BCUT2D eigenvalue weighted by Crippen LogP contribution is -2.07. The van der Waals surface area contributed by atoms with Gasteiger partial charge in [-0.1, -0.05) is 0 Å². The van der Waals surface area contributed by atoms with Crippen LogP contribution in [0, 0.1) is 0 Å². The molecule has 1 aliphatic rings. The van der Waals surface area contributed by atoms with Crippen LogP contribution in [0.1, 0.15) is 31.2 Å². The molecule has 0 unspecified atom stereocenters. The third-order valence-electron chi connectivity index (χ3n) is 4.68. The quantitative estimate of drug-likeness (QED) is 0.175. The van der Waals surface area contributed by atoms with E-state index in [2.05, 4.69) is 26.1 Å². The van der Waals surface area contributed by atoms with Crippen molar-refractivity contribution in [2.45, 2.75) is 36.1 Å². The number of aromatic nitrogens is 3. The first-order chi connectivity index (χ1) is 13.9. The molecule has 1 aliphatic carbocycles. The topological polar surface area (TPSA) is 152 Å². The number of phenols is 6. The maximum Gasteiger partial charge on any atom is 0.298 e. The Morgan fingerprint density at radius 3 is 2.00 bits per heavy atom. The first-order valence-electron chi connectivity index (χ1n) is 8.49. The van der Waals surface area contributed by atoms with Gasteiger partial charge in [-0.3, -0.25) is 4.57 Å². The minimum absolute atomic E-state index is 0.0163. The van der Waals surface area contributed by atoms with Crippen molar-refractivity contribution in [2.24, 2.45) is 0 Å². The van der Waals surface area contributed by atoms with Crippen molar-refractivity contribution >= 4 is 38.5 Å². The van der Waals surface area contributed by atoms with E-state index in [-0.39, 0.29) is 38.7 Å². The Labute approximate surface area is 179 Å². The molecule has 0 bridgehead atoms. The van der Waals surface area contributed by atoms with Gasteiger partial charge in [0.15, 0.2) is 23.0 Å². The predicted octanol–water partition coefficient (Wildman–Crippen LogP) is 4.00. The summed E-state index contributed by atoms with van der Waals surface area (Å²) in [4.78, 5) is 0. The van der Waals surface area contributed by atoms with Crippen molar-refractivity contribution in [3.63, 3.8) is 0 Å². The Morgan fingerprint density at radius 1 is 0.900 bits per heavy atom. The second-order valence-electron chi connectivity index (χ2n) is 6.88. The normalized spacial score (nSPS) is 14.5. The third-order valence-corrected chi connectivity index (χ3v) is 6.00. The van der Waals surface area contributed by atoms with Crippen molar-refractivity contribution in [1.29, 1.82) is 0 Å². The van der Waals surface area contributed by atoms with Gasteiger partial charge in [-0.15, -0.1) is 10.2 Å². The highest BCUT2D eigenvalue weighted by Gasteiger charge is 2.37. The van der Waals surface area contributed by atoms with Gasteiger partial charge in [-0.25, -0.2) is 0 Å². The lowest BCUT2D eigenvalue weighted by atomic mass is 9.95. The molecule has 1 heterocycles. The van der Waals surface area contributed by atoms with Crippen molar-refractivity contribution in [3.8, 4) is 40.2 Å². The van der Waals surface area contributed by atoms with Crippen LogP contribution >= 0.6 is 27.7 Å². The lowest BCUT2D eigenvalue weighted by molar-refractivity contribution is 0.128. The lowest BCUT2D eigenvalue weighted by Gasteiger charge is -2.20. The molecule has 0 atom stereocenters. The van der Waals surface area contributed by atoms with Gasteiger partial charge in [0, 0.05) is 17.9 Å². The number of rotatable bonds is 4. The molecule has 1 fully saturated rings. The Hall–Kier alpha value is -2.67. The molecule has 6 N–H and O–H groups in total. The molecule has 0 amide bonds. The molecular formula is C17H14BrF2N3O6S. The summed E-state index contributed by atoms with van der Waals surface area (Å²) in [5.74, 6) is -5.68. The SMILES string of the molecule is CC(F)(F)Sc1nnc(Br)n1-c1c(O)c(O)c(C2CC2)c2c(O)c(O)c(O)c(O)c12. The maximum atomic E-state index is 13.6. The predicted molar refractivity (Wildman–Crippen MR) is 105 cm³/mol. The zero-order chi connectivity index (χ0) is 22.1. The number of thioether (sulfide) groups is 1. The van der Waals surface area contributed by atoms with Crippen molar-refractivity contribution in [1.82, 2.24) is 14.8 Å². The Morgan fingerprint density at radius 2 is 1.47 bits per heavy atom. The average Bonchev–Trinajstić information content (AvgIpc) is 3.43. The first-order valence-corrected chi connectivity index (χ1v) is 10.1. The second kappa shape index (κ2) is 6.67. The number of hydrogen-bond acceptors (Lipinski definition) is 9. The van der Waals surface area contributed by atoms with E-state index >= 15 is 0 Å².